The van der Waals surface area contributed by atoms with Crippen LogP contribution in [-0.2, 0) is 0 Å². The van der Waals surface area contributed by atoms with Crippen LogP contribution >= 0.6 is 0 Å². The molecule has 0 bridgehead atoms. The summed E-state index contributed by atoms with van der Waals surface area (Å²) in [5.41, 5.74) is 5.08. The number of benzene rings is 1. The fraction of sp³-hybridized carbons (Fsp3) is 0.500. The SMILES string of the molecule is Cc1ccccc1C(=NC1CCCCC1)NN. The van der Waals surface area contributed by atoms with Crippen molar-refractivity contribution >= 4 is 5.84 Å². The topological polar surface area (TPSA) is 50.4 Å². The van der Waals surface area contributed by atoms with Gasteiger partial charge in [0.15, 0.2) is 0 Å². The third-order valence-corrected chi connectivity index (χ3v) is 3.42. The molecule has 1 aromatic rings. The lowest BCUT2D eigenvalue weighted by Gasteiger charge is -2.19. The molecule has 0 aromatic heterocycles. The molecule has 0 spiro atoms. The van der Waals surface area contributed by atoms with Gasteiger partial charge in [0.1, 0.15) is 5.84 Å². The monoisotopic (exact) mass is 231 g/mol. The molecule has 0 saturated heterocycles. The van der Waals surface area contributed by atoms with E-state index in [1.54, 1.807) is 0 Å². The molecule has 3 N–H and O–H groups in total. The maximum Gasteiger partial charge on any atom is 0.143 e. The average molecular weight is 231 g/mol. The Kier molecular flexibility index (Phi) is 4.15. The van der Waals surface area contributed by atoms with Crippen molar-refractivity contribution in [2.75, 3.05) is 0 Å². The first-order chi connectivity index (χ1) is 8.31. The number of nitrogens with one attached hydrogen (secondary N) is 1. The largest absolute Gasteiger partial charge is 0.308 e. The Morgan fingerprint density at radius 1 is 1.24 bits per heavy atom. The second-order valence-corrected chi connectivity index (χ2v) is 4.73. The van der Waals surface area contributed by atoms with E-state index in [2.05, 4.69) is 24.5 Å². The van der Waals surface area contributed by atoms with Crippen molar-refractivity contribution < 1.29 is 0 Å². The Bertz CT molecular complexity index is 392. The van der Waals surface area contributed by atoms with Gasteiger partial charge in [0.2, 0.25) is 0 Å². The van der Waals surface area contributed by atoms with Crippen molar-refractivity contribution in [1.29, 1.82) is 0 Å². The van der Waals surface area contributed by atoms with Gasteiger partial charge in [-0.1, -0.05) is 43.5 Å². The third kappa shape index (κ3) is 3.07. The highest BCUT2D eigenvalue weighted by Gasteiger charge is 2.14. The van der Waals surface area contributed by atoms with Gasteiger partial charge < -0.3 is 5.43 Å². The summed E-state index contributed by atoms with van der Waals surface area (Å²) >= 11 is 0. The van der Waals surface area contributed by atoms with Crippen LogP contribution in [0.1, 0.15) is 43.2 Å². The number of nitrogens with two attached hydrogens (primary N) is 1. The molecular weight excluding hydrogens is 210 g/mol. The first-order valence-electron chi connectivity index (χ1n) is 6.41. The molecule has 0 heterocycles. The number of hydrazine groups is 1. The van der Waals surface area contributed by atoms with Crippen LogP contribution in [0.2, 0.25) is 0 Å². The van der Waals surface area contributed by atoms with E-state index in [9.17, 15) is 0 Å². The van der Waals surface area contributed by atoms with Gasteiger partial charge in [-0.3, -0.25) is 4.99 Å². The van der Waals surface area contributed by atoms with E-state index in [4.69, 9.17) is 10.8 Å². The van der Waals surface area contributed by atoms with E-state index in [1.807, 2.05) is 12.1 Å². The van der Waals surface area contributed by atoms with Gasteiger partial charge in [-0.15, -0.1) is 0 Å². The molecule has 3 nitrogen and oxygen atoms in total. The minimum absolute atomic E-state index is 0.439. The summed E-state index contributed by atoms with van der Waals surface area (Å²) in [6, 6.07) is 8.65. The first-order valence-corrected chi connectivity index (χ1v) is 6.41. The molecule has 0 amide bonds. The zero-order valence-electron chi connectivity index (χ0n) is 10.4. The van der Waals surface area contributed by atoms with Gasteiger partial charge in [-0.05, 0) is 25.3 Å². The third-order valence-electron chi connectivity index (χ3n) is 3.42. The molecule has 92 valence electrons. The molecule has 3 heteroatoms. The van der Waals surface area contributed by atoms with Crippen LogP contribution in [-0.4, -0.2) is 11.9 Å². The lowest BCUT2D eigenvalue weighted by molar-refractivity contribution is 0.442. The lowest BCUT2D eigenvalue weighted by Crippen LogP contribution is -2.33. The van der Waals surface area contributed by atoms with E-state index in [1.165, 1.54) is 37.7 Å². The van der Waals surface area contributed by atoms with Gasteiger partial charge in [0.25, 0.3) is 0 Å². The number of hydrogen-bond acceptors (Lipinski definition) is 2. The molecule has 0 atom stereocenters. The molecule has 1 saturated carbocycles. The van der Waals surface area contributed by atoms with E-state index in [0.717, 1.165) is 11.4 Å². The molecule has 1 aliphatic rings. The molecule has 2 rings (SSSR count). The molecule has 17 heavy (non-hydrogen) atoms. The van der Waals surface area contributed by atoms with Gasteiger partial charge >= 0.3 is 0 Å². The number of rotatable bonds is 2. The van der Waals surface area contributed by atoms with Crippen LogP contribution in [0.15, 0.2) is 29.3 Å². The highest BCUT2D eigenvalue weighted by Crippen LogP contribution is 2.21. The van der Waals surface area contributed by atoms with Crippen molar-refractivity contribution in [3.63, 3.8) is 0 Å². The van der Waals surface area contributed by atoms with Crippen LogP contribution in [0.3, 0.4) is 0 Å². The van der Waals surface area contributed by atoms with E-state index >= 15 is 0 Å². The Labute approximate surface area is 103 Å². The first kappa shape index (κ1) is 12.1. The molecular formula is C14H21N3. The number of aliphatic imine (C=N–C) groups is 1. The minimum atomic E-state index is 0.439. The van der Waals surface area contributed by atoms with Gasteiger partial charge in [-0.25, -0.2) is 5.84 Å². The maximum absolute atomic E-state index is 5.61. The predicted octanol–water partition coefficient (Wildman–Crippen LogP) is 2.54. The van der Waals surface area contributed by atoms with Crippen LogP contribution in [0.5, 0.6) is 0 Å². The summed E-state index contributed by atoms with van der Waals surface area (Å²) in [4.78, 5) is 4.77. The summed E-state index contributed by atoms with van der Waals surface area (Å²) in [5, 5.41) is 0. The van der Waals surface area contributed by atoms with Crippen LogP contribution in [0.25, 0.3) is 0 Å². The van der Waals surface area contributed by atoms with Crippen LogP contribution in [0.4, 0.5) is 0 Å². The number of nitrogens with zero attached hydrogens (tertiary/aromatic N) is 1. The zero-order chi connectivity index (χ0) is 12.1. The molecule has 1 aromatic carbocycles. The minimum Gasteiger partial charge on any atom is -0.308 e. The Balaban J connectivity index is 2.20. The van der Waals surface area contributed by atoms with Crippen molar-refractivity contribution in [2.24, 2.45) is 10.8 Å². The van der Waals surface area contributed by atoms with Crippen LogP contribution < -0.4 is 11.3 Å². The van der Waals surface area contributed by atoms with Crippen molar-refractivity contribution in [1.82, 2.24) is 5.43 Å². The van der Waals surface area contributed by atoms with Gasteiger partial charge in [0, 0.05) is 5.56 Å². The van der Waals surface area contributed by atoms with Crippen molar-refractivity contribution in [3.8, 4) is 0 Å². The highest BCUT2D eigenvalue weighted by atomic mass is 15.3. The second kappa shape index (κ2) is 5.82. The molecule has 0 radical (unpaired) electrons. The second-order valence-electron chi connectivity index (χ2n) is 4.73. The molecule has 1 aliphatic carbocycles. The summed E-state index contributed by atoms with van der Waals surface area (Å²) in [6.07, 6.45) is 6.31. The van der Waals surface area contributed by atoms with Crippen molar-refractivity contribution in [3.05, 3.63) is 35.4 Å². The Morgan fingerprint density at radius 2 is 1.94 bits per heavy atom. The number of hydrogen-bond donors (Lipinski definition) is 2. The quantitative estimate of drug-likeness (QED) is 0.356. The summed E-state index contributed by atoms with van der Waals surface area (Å²) in [6.45, 7) is 2.09. The van der Waals surface area contributed by atoms with Gasteiger partial charge in [-0.2, -0.15) is 0 Å². The van der Waals surface area contributed by atoms with E-state index in [0.29, 0.717) is 6.04 Å². The Hall–Kier alpha value is -1.35. The fourth-order valence-electron chi connectivity index (χ4n) is 2.42. The summed E-state index contributed by atoms with van der Waals surface area (Å²) in [5.74, 6) is 6.44. The molecule has 0 aliphatic heterocycles. The normalized spacial score (nSPS) is 18.1. The standard InChI is InChI=1S/C14H21N3/c1-11-7-5-6-10-13(11)14(17-15)16-12-8-3-2-4-9-12/h5-7,10,12H,2-4,8-9,15H2,1H3,(H,16,17). The molecule has 0 unspecified atom stereocenters. The highest BCUT2D eigenvalue weighted by molar-refractivity contribution is 5.99. The maximum atomic E-state index is 5.61. The predicted molar refractivity (Wildman–Crippen MR) is 71.9 cm³/mol. The number of aryl methyl sites for hydroxylation is 1. The van der Waals surface area contributed by atoms with Gasteiger partial charge in [0.05, 0.1) is 6.04 Å². The molecule has 1 fully saturated rings. The lowest BCUT2D eigenvalue weighted by atomic mass is 9.96. The average Bonchev–Trinajstić information content (AvgIpc) is 2.38. The Morgan fingerprint density at radius 3 is 2.59 bits per heavy atom. The van der Waals surface area contributed by atoms with Crippen molar-refractivity contribution in [2.45, 2.75) is 45.1 Å². The summed E-state index contributed by atoms with van der Waals surface area (Å²) < 4.78 is 0. The van der Waals surface area contributed by atoms with E-state index in [-0.39, 0.29) is 0 Å². The summed E-state index contributed by atoms with van der Waals surface area (Å²) in [7, 11) is 0. The van der Waals surface area contributed by atoms with Crippen LogP contribution in [0, 0.1) is 6.92 Å². The van der Waals surface area contributed by atoms with E-state index < -0.39 is 0 Å². The smallest absolute Gasteiger partial charge is 0.143 e. The fourth-order valence-corrected chi connectivity index (χ4v) is 2.42. The zero-order valence-corrected chi connectivity index (χ0v) is 10.4. The number of amidine groups is 1.